The van der Waals surface area contributed by atoms with Crippen LogP contribution in [0.15, 0.2) is 42.5 Å². The molecule has 0 unspecified atom stereocenters. The normalized spacial score (nSPS) is 9.29. The highest BCUT2D eigenvalue weighted by molar-refractivity contribution is 5.78. The predicted octanol–water partition coefficient (Wildman–Crippen LogP) is 2.91. The highest BCUT2D eigenvalue weighted by Crippen LogP contribution is 2.32. The second kappa shape index (κ2) is 4.43. The van der Waals surface area contributed by atoms with E-state index in [4.69, 9.17) is 11.7 Å². The van der Waals surface area contributed by atoms with Gasteiger partial charge in [0.05, 0.1) is 5.56 Å². The smallest absolute Gasteiger partial charge is 0.123 e. The first kappa shape index (κ1) is 10.8. The number of aromatic hydroxyl groups is 1. The Bertz CT molecular complexity index is 645. The first-order valence-electron chi connectivity index (χ1n) is 5.06. The predicted molar refractivity (Wildman–Crippen MR) is 66.2 cm³/mol. The fraction of sp³-hybridized carbons (Fsp3) is 0. The van der Waals surface area contributed by atoms with Crippen molar-refractivity contribution in [1.29, 1.82) is 5.26 Å². The molecule has 0 radical (unpaired) electrons. The largest absolute Gasteiger partial charge is 0.507 e. The van der Waals surface area contributed by atoms with Crippen LogP contribution in [0.2, 0.25) is 0 Å². The first-order valence-corrected chi connectivity index (χ1v) is 5.06. The van der Waals surface area contributed by atoms with Crippen LogP contribution < -0.4 is 0 Å². The van der Waals surface area contributed by atoms with Crippen LogP contribution >= 0.6 is 0 Å². The Morgan fingerprint density at radius 2 is 1.71 bits per heavy atom. The minimum absolute atomic E-state index is 0.152. The summed E-state index contributed by atoms with van der Waals surface area (Å²) in [6.45, 7) is 0. The topological polar surface area (TPSA) is 44.0 Å². The minimum Gasteiger partial charge on any atom is -0.507 e. The number of hydrogen-bond donors (Lipinski definition) is 1. The number of nitriles is 1. The third kappa shape index (κ3) is 1.85. The first-order chi connectivity index (χ1) is 8.27. The zero-order valence-corrected chi connectivity index (χ0v) is 9.01. The van der Waals surface area contributed by atoms with Crippen molar-refractivity contribution < 1.29 is 5.11 Å². The van der Waals surface area contributed by atoms with Crippen LogP contribution in [0.3, 0.4) is 0 Å². The highest BCUT2D eigenvalue weighted by atomic mass is 16.3. The number of rotatable bonds is 1. The maximum atomic E-state index is 9.80. The summed E-state index contributed by atoms with van der Waals surface area (Å²) in [7, 11) is 0. The van der Waals surface area contributed by atoms with Crippen molar-refractivity contribution in [3.05, 3.63) is 53.6 Å². The van der Waals surface area contributed by atoms with Gasteiger partial charge in [-0.25, -0.2) is 0 Å². The molecule has 2 heteroatoms. The number of hydrogen-bond acceptors (Lipinski definition) is 2. The van der Waals surface area contributed by atoms with Crippen molar-refractivity contribution in [2.75, 3.05) is 0 Å². The van der Waals surface area contributed by atoms with Crippen molar-refractivity contribution in [3.63, 3.8) is 0 Å². The molecule has 0 aliphatic carbocycles. The van der Waals surface area contributed by atoms with Crippen LogP contribution in [0, 0.1) is 23.7 Å². The molecule has 0 saturated heterocycles. The molecule has 0 spiro atoms. The lowest BCUT2D eigenvalue weighted by Crippen LogP contribution is -1.89. The molecule has 2 rings (SSSR count). The summed E-state index contributed by atoms with van der Waals surface area (Å²) >= 11 is 0. The highest BCUT2D eigenvalue weighted by Gasteiger charge is 2.10. The summed E-state index contributed by atoms with van der Waals surface area (Å²) in [5.41, 5.74) is 2.28. The van der Waals surface area contributed by atoms with E-state index in [9.17, 15) is 5.11 Å². The summed E-state index contributed by atoms with van der Waals surface area (Å²) in [5.74, 6) is 2.66. The van der Waals surface area contributed by atoms with Crippen molar-refractivity contribution >= 4 is 0 Å². The molecule has 0 aliphatic rings. The van der Waals surface area contributed by atoms with Gasteiger partial charge in [0.25, 0.3) is 0 Å². The van der Waals surface area contributed by atoms with E-state index in [1.54, 1.807) is 36.4 Å². The molecule has 0 amide bonds. The molecular formula is C15H9NO. The van der Waals surface area contributed by atoms with Crippen molar-refractivity contribution in [2.45, 2.75) is 0 Å². The number of phenols is 1. The molecule has 2 aromatic rings. The Morgan fingerprint density at radius 1 is 1.00 bits per heavy atom. The lowest BCUT2D eigenvalue weighted by molar-refractivity contribution is 0.477. The lowest BCUT2D eigenvalue weighted by Gasteiger charge is -2.08. The zero-order chi connectivity index (χ0) is 12.3. The second-order valence-corrected chi connectivity index (χ2v) is 3.50. The van der Waals surface area contributed by atoms with Gasteiger partial charge in [-0.1, -0.05) is 36.3 Å². The van der Waals surface area contributed by atoms with Crippen LogP contribution in [0.4, 0.5) is 0 Å². The molecule has 0 bridgehead atoms. The summed E-state index contributed by atoms with van der Waals surface area (Å²) < 4.78 is 0. The van der Waals surface area contributed by atoms with E-state index in [0.717, 1.165) is 0 Å². The van der Waals surface area contributed by atoms with Gasteiger partial charge in [-0.05, 0) is 12.1 Å². The van der Waals surface area contributed by atoms with Gasteiger partial charge in [0.15, 0.2) is 0 Å². The summed E-state index contributed by atoms with van der Waals surface area (Å²) in [6.07, 6.45) is 5.43. The third-order valence-corrected chi connectivity index (χ3v) is 2.52. The van der Waals surface area contributed by atoms with Gasteiger partial charge in [0.2, 0.25) is 0 Å². The van der Waals surface area contributed by atoms with Crippen LogP contribution in [0.25, 0.3) is 11.1 Å². The second-order valence-electron chi connectivity index (χ2n) is 3.50. The Kier molecular flexibility index (Phi) is 2.81. The molecule has 0 saturated carbocycles. The Morgan fingerprint density at radius 3 is 2.35 bits per heavy atom. The molecule has 80 valence electrons. The van der Waals surface area contributed by atoms with E-state index in [1.807, 2.05) is 6.07 Å². The third-order valence-electron chi connectivity index (χ3n) is 2.52. The number of para-hydroxylation sites is 1. The van der Waals surface area contributed by atoms with Gasteiger partial charge in [-0.15, -0.1) is 6.42 Å². The standard InChI is InChI=1S/C15H9NO/c1-2-12-11(10-16)6-5-8-13(12)14-7-3-4-9-15(14)17/h1,3-9,17H. The Hall–Kier alpha value is -2.71. The molecular weight excluding hydrogens is 210 g/mol. The number of benzene rings is 2. The fourth-order valence-electron chi connectivity index (χ4n) is 1.73. The molecule has 2 aromatic carbocycles. The summed E-state index contributed by atoms with van der Waals surface area (Å²) in [5, 5.41) is 18.8. The number of terminal acetylenes is 1. The van der Waals surface area contributed by atoms with Crippen LogP contribution in [-0.2, 0) is 0 Å². The maximum Gasteiger partial charge on any atom is 0.123 e. The quantitative estimate of drug-likeness (QED) is 0.749. The van der Waals surface area contributed by atoms with E-state index in [2.05, 4.69) is 12.0 Å². The summed E-state index contributed by atoms with van der Waals surface area (Å²) in [6, 6.07) is 14.2. The van der Waals surface area contributed by atoms with E-state index in [1.165, 1.54) is 0 Å². The molecule has 0 fully saturated rings. The van der Waals surface area contributed by atoms with E-state index >= 15 is 0 Å². The van der Waals surface area contributed by atoms with Gasteiger partial charge >= 0.3 is 0 Å². The van der Waals surface area contributed by atoms with Gasteiger partial charge in [0, 0.05) is 16.7 Å². The Labute approximate surface area is 99.8 Å². The van der Waals surface area contributed by atoms with Gasteiger partial charge < -0.3 is 5.11 Å². The molecule has 0 heterocycles. The van der Waals surface area contributed by atoms with E-state index < -0.39 is 0 Å². The molecule has 0 aromatic heterocycles. The average molecular weight is 219 g/mol. The van der Waals surface area contributed by atoms with Gasteiger partial charge in [-0.3, -0.25) is 0 Å². The van der Waals surface area contributed by atoms with Crippen LogP contribution in [0.5, 0.6) is 5.75 Å². The number of nitrogens with zero attached hydrogens (tertiary/aromatic N) is 1. The van der Waals surface area contributed by atoms with Crippen molar-refractivity contribution in [3.8, 4) is 35.3 Å². The fourth-order valence-corrected chi connectivity index (χ4v) is 1.73. The Balaban J connectivity index is 2.75. The molecule has 2 nitrogen and oxygen atoms in total. The van der Waals surface area contributed by atoms with Crippen LogP contribution in [0.1, 0.15) is 11.1 Å². The average Bonchev–Trinajstić information content (AvgIpc) is 2.38. The minimum atomic E-state index is 0.152. The SMILES string of the molecule is C#Cc1c(C#N)cccc1-c1ccccc1O. The molecule has 17 heavy (non-hydrogen) atoms. The number of phenolic OH excluding ortho intramolecular Hbond substituents is 1. The van der Waals surface area contributed by atoms with E-state index in [0.29, 0.717) is 22.3 Å². The van der Waals surface area contributed by atoms with E-state index in [-0.39, 0.29) is 5.75 Å². The lowest BCUT2D eigenvalue weighted by atomic mass is 9.96. The summed E-state index contributed by atoms with van der Waals surface area (Å²) in [4.78, 5) is 0. The van der Waals surface area contributed by atoms with Crippen molar-refractivity contribution in [1.82, 2.24) is 0 Å². The monoisotopic (exact) mass is 219 g/mol. The maximum absolute atomic E-state index is 9.80. The zero-order valence-electron chi connectivity index (χ0n) is 9.01. The molecule has 1 N–H and O–H groups in total. The van der Waals surface area contributed by atoms with Crippen molar-refractivity contribution in [2.24, 2.45) is 0 Å². The molecule has 0 aliphatic heterocycles. The van der Waals surface area contributed by atoms with Gasteiger partial charge in [-0.2, -0.15) is 5.26 Å². The van der Waals surface area contributed by atoms with Gasteiger partial charge in [0.1, 0.15) is 11.8 Å². The molecule has 0 atom stereocenters. The van der Waals surface area contributed by atoms with Crippen LogP contribution in [-0.4, -0.2) is 5.11 Å².